The first kappa shape index (κ1) is 12.3. The number of nitrogens with one attached hydrogen (secondary N) is 1. The highest BCUT2D eigenvalue weighted by atomic mass is 35.5. The zero-order valence-corrected chi connectivity index (χ0v) is 9.72. The van der Waals surface area contributed by atoms with Gasteiger partial charge in [-0.3, -0.25) is 10.1 Å². The third-order valence-electron chi connectivity index (χ3n) is 2.48. The van der Waals surface area contributed by atoms with Gasteiger partial charge < -0.3 is 4.90 Å². The monoisotopic (exact) mass is 232 g/mol. The minimum atomic E-state index is -0.666. The Labute approximate surface area is 95.0 Å². The topological polar surface area (TPSA) is 49.4 Å². The van der Waals surface area contributed by atoms with Crippen LogP contribution in [0, 0.1) is 0 Å². The van der Waals surface area contributed by atoms with Gasteiger partial charge in [0.15, 0.2) is 0 Å². The van der Waals surface area contributed by atoms with Crippen LogP contribution in [0.2, 0.25) is 0 Å². The molecule has 3 amide bonds. The highest BCUT2D eigenvalue weighted by molar-refractivity contribution is 6.31. The lowest BCUT2D eigenvalue weighted by Crippen LogP contribution is -2.45. The van der Waals surface area contributed by atoms with Crippen LogP contribution in [0.1, 0.15) is 32.6 Å². The molecule has 1 heterocycles. The van der Waals surface area contributed by atoms with E-state index < -0.39 is 11.3 Å². The molecule has 1 unspecified atom stereocenters. The number of rotatable bonds is 1. The molecule has 5 heteroatoms. The fourth-order valence-electron chi connectivity index (χ4n) is 1.56. The molecule has 4 nitrogen and oxygen atoms in total. The third kappa shape index (κ3) is 4.08. The summed E-state index contributed by atoms with van der Waals surface area (Å²) in [4.78, 5) is 24.5. The summed E-state index contributed by atoms with van der Waals surface area (Å²) in [6.07, 6.45) is 4.34. The van der Waals surface area contributed by atoms with E-state index in [1.165, 1.54) is 0 Å². The predicted molar refractivity (Wildman–Crippen MR) is 58.9 cm³/mol. The Morgan fingerprint density at radius 2 is 1.73 bits per heavy atom. The van der Waals surface area contributed by atoms with Crippen molar-refractivity contribution in [3.05, 3.63) is 0 Å². The average molecular weight is 233 g/mol. The maximum Gasteiger partial charge on any atom is 0.324 e. The lowest BCUT2D eigenvalue weighted by molar-refractivity contribution is -0.119. The van der Waals surface area contributed by atoms with E-state index >= 15 is 0 Å². The van der Waals surface area contributed by atoms with E-state index in [1.807, 2.05) is 0 Å². The van der Waals surface area contributed by atoms with Crippen molar-refractivity contribution in [3.63, 3.8) is 0 Å². The second kappa shape index (κ2) is 5.95. The van der Waals surface area contributed by atoms with E-state index in [0.29, 0.717) is 0 Å². The molecule has 0 aromatic rings. The molecule has 1 rings (SSSR count). The molecule has 0 radical (unpaired) electrons. The van der Waals surface area contributed by atoms with E-state index in [9.17, 15) is 9.59 Å². The van der Waals surface area contributed by atoms with Gasteiger partial charge in [0, 0.05) is 13.1 Å². The summed E-state index contributed by atoms with van der Waals surface area (Å²) in [5.74, 6) is -0.425. The van der Waals surface area contributed by atoms with E-state index in [4.69, 9.17) is 11.6 Å². The molecule has 0 spiro atoms. The smallest absolute Gasteiger partial charge is 0.324 e. The van der Waals surface area contributed by atoms with Crippen molar-refractivity contribution in [2.24, 2.45) is 0 Å². The number of hydrogen-bond donors (Lipinski definition) is 1. The summed E-state index contributed by atoms with van der Waals surface area (Å²) < 4.78 is 0. The molecule has 0 aromatic carbocycles. The SMILES string of the molecule is CC(Cl)C(=O)NC(=O)N1CCCCCC1. The summed E-state index contributed by atoms with van der Waals surface area (Å²) >= 11 is 5.56. The van der Waals surface area contributed by atoms with Crippen LogP contribution in [0.25, 0.3) is 0 Å². The standard InChI is InChI=1S/C10H17ClN2O2/c1-8(11)9(14)12-10(15)13-6-4-2-3-5-7-13/h8H,2-7H2,1H3,(H,12,14,15). The molecule has 1 N–H and O–H groups in total. The third-order valence-corrected chi connectivity index (χ3v) is 2.68. The average Bonchev–Trinajstić information content (AvgIpc) is 2.45. The van der Waals surface area contributed by atoms with Gasteiger partial charge in [-0.25, -0.2) is 4.79 Å². The summed E-state index contributed by atoms with van der Waals surface area (Å²) in [7, 11) is 0. The Bertz CT molecular complexity index is 236. The fraction of sp³-hybridized carbons (Fsp3) is 0.800. The molecule has 0 saturated carbocycles. The Morgan fingerprint density at radius 1 is 1.20 bits per heavy atom. The normalized spacial score (nSPS) is 19.2. The molecule has 15 heavy (non-hydrogen) atoms. The summed E-state index contributed by atoms with van der Waals surface area (Å²) in [5.41, 5.74) is 0. The van der Waals surface area contributed by atoms with Crippen LogP contribution in [0.5, 0.6) is 0 Å². The Kier molecular flexibility index (Phi) is 4.88. The van der Waals surface area contributed by atoms with E-state index in [0.717, 1.165) is 38.8 Å². The minimum absolute atomic E-state index is 0.311. The number of hydrogen-bond acceptors (Lipinski definition) is 2. The van der Waals surface area contributed by atoms with Crippen molar-refractivity contribution >= 4 is 23.5 Å². The van der Waals surface area contributed by atoms with Crippen molar-refractivity contribution in [1.29, 1.82) is 0 Å². The summed E-state index contributed by atoms with van der Waals surface area (Å²) in [5, 5.41) is 1.63. The van der Waals surface area contributed by atoms with Gasteiger partial charge in [0.2, 0.25) is 5.91 Å². The lowest BCUT2D eigenvalue weighted by Gasteiger charge is -2.20. The fourth-order valence-corrected chi connectivity index (χ4v) is 1.61. The van der Waals surface area contributed by atoms with Gasteiger partial charge in [0.25, 0.3) is 0 Å². The van der Waals surface area contributed by atoms with Crippen LogP contribution in [-0.4, -0.2) is 35.3 Å². The maximum atomic E-state index is 11.6. The first-order valence-electron chi connectivity index (χ1n) is 5.35. The van der Waals surface area contributed by atoms with Crippen LogP contribution in [0.15, 0.2) is 0 Å². The highest BCUT2D eigenvalue weighted by Gasteiger charge is 2.19. The van der Waals surface area contributed by atoms with Crippen LogP contribution in [-0.2, 0) is 4.79 Å². The van der Waals surface area contributed by atoms with Crippen LogP contribution < -0.4 is 5.32 Å². The number of alkyl halides is 1. The van der Waals surface area contributed by atoms with Gasteiger partial charge in [-0.2, -0.15) is 0 Å². The number of urea groups is 1. The number of amides is 3. The van der Waals surface area contributed by atoms with Crippen molar-refractivity contribution in [3.8, 4) is 0 Å². The van der Waals surface area contributed by atoms with E-state index in [2.05, 4.69) is 5.32 Å². The number of nitrogens with zero attached hydrogens (tertiary/aromatic N) is 1. The first-order chi connectivity index (χ1) is 7.11. The number of halogens is 1. The molecular formula is C10H17ClN2O2. The molecule has 0 aliphatic carbocycles. The highest BCUT2D eigenvalue weighted by Crippen LogP contribution is 2.09. The van der Waals surface area contributed by atoms with Crippen molar-refractivity contribution in [2.75, 3.05) is 13.1 Å². The molecule has 1 saturated heterocycles. The van der Waals surface area contributed by atoms with Crippen molar-refractivity contribution in [1.82, 2.24) is 10.2 Å². The molecular weight excluding hydrogens is 216 g/mol. The maximum absolute atomic E-state index is 11.6. The van der Waals surface area contributed by atoms with Crippen LogP contribution >= 0.6 is 11.6 Å². The number of carbonyl (C=O) groups excluding carboxylic acids is 2. The van der Waals surface area contributed by atoms with Gasteiger partial charge in [-0.1, -0.05) is 12.8 Å². The van der Waals surface area contributed by atoms with E-state index in [-0.39, 0.29) is 6.03 Å². The summed E-state index contributed by atoms with van der Waals surface area (Å²) in [6.45, 7) is 3.01. The second-order valence-electron chi connectivity index (χ2n) is 3.81. The number of likely N-dealkylation sites (tertiary alicyclic amines) is 1. The van der Waals surface area contributed by atoms with Crippen molar-refractivity contribution < 1.29 is 9.59 Å². The Morgan fingerprint density at radius 3 is 2.20 bits per heavy atom. The van der Waals surface area contributed by atoms with E-state index in [1.54, 1.807) is 11.8 Å². The van der Waals surface area contributed by atoms with Gasteiger partial charge >= 0.3 is 6.03 Å². The van der Waals surface area contributed by atoms with Crippen LogP contribution in [0.3, 0.4) is 0 Å². The first-order valence-corrected chi connectivity index (χ1v) is 5.78. The number of imide groups is 1. The van der Waals surface area contributed by atoms with Crippen molar-refractivity contribution in [2.45, 2.75) is 38.0 Å². The van der Waals surface area contributed by atoms with Gasteiger partial charge in [0.1, 0.15) is 5.38 Å². The van der Waals surface area contributed by atoms with Gasteiger partial charge in [-0.15, -0.1) is 11.6 Å². The lowest BCUT2D eigenvalue weighted by atomic mass is 10.2. The predicted octanol–water partition coefficient (Wildman–Crippen LogP) is 1.73. The Balaban J connectivity index is 2.41. The molecule has 0 bridgehead atoms. The zero-order chi connectivity index (χ0) is 11.3. The quantitative estimate of drug-likeness (QED) is 0.700. The summed E-state index contributed by atoms with van der Waals surface area (Å²) in [6, 6.07) is -0.311. The van der Waals surface area contributed by atoms with Gasteiger partial charge in [-0.05, 0) is 19.8 Å². The largest absolute Gasteiger partial charge is 0.324 e. The Hall–Kier alpha value is -0.770. The molecule has 1 fully saturated rings. The number of carbonyl (C=O) groups is 2. The van der Waals surface area contributed by atoms with Crippen LogP contribution in [0.4, 0.5) is 4.79 Å². The van der Waals surface area contributed by atoms with Gasteiger partial charge in [0.05, 0.1) is 0 Å². The molecule has 86 valence electrons. The minimum Gasteiger partial charge on any atom is -0.324 e. The molecule has 1 aliphatic heterocycles. The molecule has 1 atom stereocenters. The molecule has 1 aliphatic rings. The second-order valence-corrected chi connectivity index (χ2v) is 4.47. The molecule has 0 aromatic heterocycles. The zero-order valence-electron chi connectivity index (χ0n) is 8.96.